The Balaban J connectivity index is 1.72. The zero-order valence-corrected chi connectivity index (χ0v) is 12.3. The van der Waals surface area contributed by atoms with Gasteiger partial charge < -0.3 is 15.0 Å². The highest BCUT2D eigenvalue weighted by Gasteiger charge is 2.28. The first-order valence-corrected chi connectivity index (χ1v) is 7.47. The SMILES string of the molecule is COc1cccc(Cc2noc(C3CCCCC3N)n2)c1. The van der Waals surface area contributed by atoms with Crippen molar-refractivity contribution in [3.8, 4) is 5.75 Å². The number of aromatic nitrogens is 2. The Morgan fingerprint density at radius 2 is 2.19 bits per heavy atom. The van der Waals surface area contributed by atoms with Gasteiger partial charge in [-0.25, -0.2) is 0 Å². The van der Waals surface area contributed by atoms with Crippen LogP contribution in [0.1, 0.15) is 48.9 Å². The fraction of sp³-hybridized carbons (Fsp3) is 0.500. The molecule has 2 unspecified atom stereocenters. The Kier molecular flexibility index (Phi) is 4.20. The van der Waals surface area contributed by atoms with E-state index in [-0.39, 0.29) is 12.0 Å². The molecule has 2 N–H and O–H groups in total. The molecule has 1 aromatic carbocycles. The molecule has 1 aliphatic carbocycles. The molecular weight excluding hydrogens is 266 g/mol. The van der Waals surface area contributed by atoms with Gasteiger partial charge in [0.25, 0.3) is 0 Å². The summed E-state index contributed by atoms with van der Waals surface area (Å²) in [6.07, 6.45) is 5.11. The molecule has 1 aliphatic rings. The van der Waals surface area contributed by atoms with Crippen molar-refractivity contribution in [2.75, 3.05) is 7.11 Å². The molecule has 1 aromatic heterocycles. The first kappa shape index (κ1) is 14.1. The molecule has 0 spiro atoms. The molecule has 2 atom stereocenters. The van der Waals surface area contributed by atoms with Crippen LogP contribution in [0.5, 0.6) is 5.75 Å². The molecule has 5 nitrogen and oxygen atoms in total. The van der Waals surface area contributed by atoms with E-state index in [9.17, 15) is 0 Å². The maximum absolute atomic E-state index is 6.17. The normalized spacial score (nSPS) is 22.2. The summed E-state index contributed by atoms with van der Waals surface area (Å²) < 4.78 is 10.7. The molecule has 5 heteroatoms. The van der Waals surface area contributed by atoms with Crippen molar-refractivity contribution in [1.82, 2.24) is 10.1 Å². The maximum atomic E-state index is 6.17. The minimum Gasteiger partial charge on any atom is -0.497 e. The number of nitrogens with zero attached hydrogens (tertiary/aromatic N) is 2. The van der Waals surface area contributed by atoms with Crippen molar-refractivity contribution >= 4 is 0 Å². The van der Waals surface area contributed by atoms with Crippen molar-refractivity contribution in [1.29, 1.82) is 0 Å². The fourth-order valence-corrected chi connectivity index (χ4v) is 2.92. The van der Waals surface area contributed by atoms with Crippen LogP contribution in [0.4, 0.5) is 0 Å². The van der Waals surface area contributed by atoms with Crippen LogP contribution in [0.2, 0.25) is 0 Å². The molecule has 3 rings (SSSR count). The van der Waals surface area contributed by atoms with Crippen molar-refractivity contribution in [3.05, 3.63) is 41.5 Å². The lowest BCUT2D eigenvalue weighted by Crippen LogP contribution is -2.31. The minimum absolute atomic E-state index is 0.142. The molecule has 2 aromatic rings. The number of ether oxygens (including phenoxy) is 1. The number of nitrogens with two attached hydrogens (primary N) is 1. The van der Waals surface area contributed by atoms with Gasteiger partial charge in [-0.15, -0.1) is 0 Å². The molecule has 112 valence electrons. The Labute approximate surface area is 124 Å². The third kappa shape index (κ3) is 3.24. The van der Waals surface area contributed by atoms with Gasteiger partial charge in [0.05, 0.1) is 13.0 Å². The van der Waals surface area contributed by atoms with Crippen molar-refractivity contribution in [2.45, 2.75) is 44.1 Å². The van der Waals surface area contributed by atoms with Gasteiger partial charge in [0.1, 0.15) is 5.75 Å². The predicted octanol–water partition coefficient (Wildman–Crippen LogP) is 2.65. The Hall–Kier alpha value is -1.88. The van der Waals surface area contributed by atoms with Crippen molar-refractivity contribution in [2.24, 2.45) is 5.73 Å². The largest absolute Gasteiger partial charge is 0.497 e. The van der Waals surface area contributed by atoms with Gasteiger partial charge >= 0.3 is 0 Å². The number of hydrogen-bond donors (Lipinski definition) is 1. The first-order valence-electron chi connectivity index (χ1n) is 7.47. The summed E-state index contributed by atoms with van der Waals surface area (Å²) >= 11 is 0. The summed E-state index contributed by atoms with van der Waals surface area (Å²) in [4.78, 5) is 4.54. The van der Waals surface area contributed by atoms with E-state index >= 15 is 0 Å². The number of rotatable bonds is 4. The van der Waals surface area contributed by atoms with Crippen molar-refractivity contribution < 1.29 is 9.26 Å². The molecule has 21 heavy (non-hydrogen) atoms. The van der Waals surface area contributed by atoms with E-state index in [2.05, 4.69) is 10.1 Å². The monoisotopic (exact) mass is 287 g/mol. The molecule has 0 aliphatic heterocycles. The Morgan fingerprint density at radius 1 is 1.33 bits per heavy atom. The summed E-state index contributed by atoms with van der Waals surface area (Å²) in [6, 6.07) is 8.05. The second-order valence-electron chi connectivity index (χ2n) is 5.63. The van der Waals surface area contributed by atoms with E-state index in [1.807, 2.05) is 24.3 Å². The van der Waals surface area contributed by atoms with Gasteiger partial charge in [-0.2, -0.15) is 4.98 Å². The fourth-order valence-electron chi connectivity index (χ4n) is 2.92. The predicted molar refractivity (Wildman–Crippen MR) is 79.3 cm³/mol. The van der Waals surface area contributed by atoms with E-state index in [1.54, 1.807) is 7.11 Å². The molecule has 1 saturated carbocycles. The number of hydrogen-bond acceptors (Lipinski definition) is 5. The van der Waals surface area contributed by atoms with E-state index in [0.29, 0.717) is 18.1 Å². The summed E-state index contributed by atoms with van der Waals surface area (Å²) in [5.74, 6) is 2.45. The standard InChI is InChI=1S/C16H21N3O2/c1-20-12-6-4-5-11(9-12)10-15-18-16(21-19-15)13-7-2-3-8-14(13)17/h4-6,9,13-14H,2-3,7-8,10,17H2,1H3. The molecule has 1 fully saturated rings. The van der Waals surface area contributed by atoms with Gasteiger partial charge in [0, 0.05) is 12.5 Å². The Morgan fingerprint density at radius 3 is 3.00 bits per heavy atom. The number of methoxy groups -OCH3 is 1. The highest BCUT2D eigenvalue weighted by Crippen LogP contribution is 2.31. The van der Waals surface area contributed by atoms with Gasteiger partial charge in [-0.3, -0.25) is 0 Å². The summed E-state index contributed by atoms with van der Waals surface area (Å²) in [6.45, 7) is 0. The zero-order valence-electron chi connectivity index (χ0n) is 12.3. The lowest BCUT2D eigenvalue weighted by atomic mass is 9.85. The van der Waals surface area contributed by atoms with E-state index in [0.717, 1.165) is 24.2 Å². The van der Waals surface area contributed by atoms with Crippen LogP contribution < -0.4 is 10.5 Å². The molecule has 0 radical (unpaired) electrons. The van der Waals surface area contributed by atoms with Crippen LogP contribution in [0.3, 0.4) is 0 Å². The second-order valence-corrected chi connectivity index (χ2v) is 5.63. The lowest BCUT2D eigenvalue weighted by molar-refractivity contribution is 0.289. The van der Waals surface area contributed by atoms with E-state index in [4.69, 9.17) is 15.0 Å². The second kappa shape index (κ2) is 6.26. The van der Waals surface area contributed by atoms with E-state index < -0.39 is 0 Å². The summed E-state index contributed by atoms with van der Waals surface area (Å²) in [5.41, 5.74) is 7.27. The van der Waals surface area contributed by atoms with Gasteiger partial charge in [-0.05, 0) is 30.5 Å². The highest BCUT2D eigenvalue weighted by molar-refractivity contribution is 5.30. The third-order valence-electron chi connectivity index (χ3n) is 4.12. The van der Waals surface area contributed by atoms with Crippen LogP contribution in [0, 0.1) is 0 Å². The highest BCUT2D eigenvalue weighted by atomic mass is 16.5. The third-order valence-corrected chi connectivity index (χ3v) is 4.12. The van der Waals surface area contributed by atoms with Crippen LogP contribution in [-0.4, -0.2) is 23.3 Å². The van der Waals surface area contributed by atoms with E-state index in [1.165, 1.54) is 12.8 Å². The van der Waals surface area contributed by atoms with Gasteiger partial charge in [-0.1, -0.05) is 30.1 Å². The van der Waals surface area contributed by atoms with Crippen LogP contribution >= 0.6 is 0 Å². The van der Waals surface area contributed by atoms with Gasteiger partial charge in [0.15, 0.2) is 5.82 Å². The molecule has 0 bridgehead atoms. The average molecular weight is 287 g/mol. The lowest BCUT2D eigenvalue weighted by Gasteiger charge is -2.25. The Bertz CT molecular complexity index is 597. The molecule has 1 heterocycles. The minimum atomic E-state index is 0.142. The maximum Gasteiger partial charge on any atom is 0.231 e. The summed E-state index contributed by atoms with van der Waals surface area (Å²) in [5, 5.41) is 4.09. The van der Waals surface area contributed by atoms with Gasteiger partial charge in [0.2, 0.25) is 5.89 Å². The van der Waals surface area contributed by atoms with Crippen LogP contribution in [-0.2, 0) is 6.42 Å². The van der Waals surface area contributed by atoms with Crippen LogP contribution in [0.15, 0.2) is 28.8 Å². The first-order chi connectivity index (χ1) is 10.3. The smallest absolute Gasteiger partial charge is 0.231 e. The topological polar surface area (TPSA) is 74.2 Å². The quantitative estimate of drug-likeness (QED) is 0.935. The van der Waals surface area contributed by atoms with Crippen molar-refractivity contribution in [3.63, 3.8) is 0 Å². The summed E-state index contributed by atoms with van der Waals surface area (Å²) in [7, 11) is 1.66. The molecular formula is C16H21N3O2. The van der Waals surface area contributed by atoms with Crippen LogP contribution in [0.25, 0.3) is 0 Å². The molecule has 0 amide bonds. The number of benzene rings is 1. The molecule has 0 saturated heterocycles. The zero-order chi connectivity index (χ0) is 14.7. The average Bonchev–Trinajstić information content (AvgIpc) is 2.96.